The zero-order valence-electron chi connectivity index (χ0n) is 7.56. The molecule has 0 heterocycles. The van der Waals surface area contributed by atoms with E-state index in [1.807, 2.05) is 32.9 Å². The molecule has 0 aliphatic heterocycles. The van der Waals surface area contributed by atoms with Crippen molar-refractivity contribution in [2.75, 3.05) is 0 Å². The second-order valence-electron chi connectivity index (χ2n) is 2.08. The van der Waals surface area contributed by atoms with Crippen LogP contribution in [0.2, 0.25) is 5.02 Å². The predicted molar refractivity (Wildman–Crippen MR) is 52.3 cm³/mol. The van der Waals surface area contributed by atoms with Crippen molar-refractivity contribution in [3.63, 3.8) is 0 Å². The Bertz CT molecular complexity index is 286. The van der Waals surface area contributed by atoms with Gasteiger partial charge in [-0.25, -0.2) is 0 Å². The Morgan fingerprint density at radius 2 is 1.92 bits per heavy atom. The van der Waals surface area contributed by atoms with E-state index in [4.69, 9.17) is 16.9 Å². The lowest BCUT2D eigenvalue weighted by atomic mass is 10.2. The number of rotatable bonds is 0. The van der Waals surface area contributed by atoms with Crippen molar-refractivity contribution < 1.29 is 0 Å². The number of halogens is 1. The Kier molecular flexibility index (Phi) is 5.16. The standard InChI is InChI=1S/C8H6ClN.C2H6/c1-6-2-3-7(5-10)4-8(6)9;1-2/h2-4H,1H3;1-2H3. The molecule has 1 nitrogen and oxygen atoms in total. The molecular formula is C10H12ClN. The summed E-state index contributed by atoms with van der Waals surface area (Å²) in [5.41, 5.74) is 1.61. The van der Waals surface area contributed by atoms with Gasteiger partial charge >= 0.3 is 0 Å². The van der Waals surface area contributed by atoms with Crippen molar-refractivity contribution >= 4 is 11.6 Å². The molecule has 64 valence electrons. The Morgan fingerprint density at radius 1 is 1.33 bits per heavy atom. The van der Waals surface area contributed by atoms with Crippen LogP contribution >= 0.6 is 11.6 Å². The summed E-state index contributed by atoms with van der Waals surface area (Å²) < 4.78 is 0. The fraction of sp³-hybridized carbons (Fsp3) is 0.300. The zero-order chi connectivity index (χ0) is 9.56. The molecule has 1 aromatic carbocycles. The first-order valence-corrected chi connectivity index (χ1v) is 4.28. The molecular weight excluding hydrogens is 170 g/mol. The summed E-state index contributed by atoms with van der Waals surface area (Å²) in [7, 11) is 0. The van der Waals surface area contributed by atoms with E-state index < -0.39 is 0 Å². The summed E-state index contributed by atoms with van der Waals surface area (Å²) in [6, 6.07) is 7.26. The second kappa shape index (κ2) is 5.62. The smallest absolute Gasteiger partial charge is 0.0992 e. The predicted octanol–water partition coefficient (Wildman–Crippen LogP) is 3.55. The van der Waals surface area contributed by atoms with E-state index in [9.17, 15) is 0 Å². The highest BCUT2D eigenvalue weighted by Crippen LogP contribution is 2.15. The topological polar surface area (TPSA) is 23.8 Å². The molecule has 12 heavy (non-hydrogen) atoms. The molecule has 0 N–H and O–H groups in total. The number of nitrogens with zero attached hydrogens (tertiary/aromatic N) is 1. The molecule has 0 saturated heterocycles. The minimum atomic E-state index is 0.607. The average Bonchev–Trinajstić information content (AvgIpc) is 2.13. The lowest BCUT2D eigenvalue weighted by Gasteiger charge is -1.94. The summed E-state index contributed by atoms with van der Waals surface area (Å²) in [5, 5.41) is 9.10. The van der Waals surface area contributed by atoms with Crippen molar-refractivity contribution in [1.82, 2.24) is 0 Å². The molecule has 0 aliphatic rings. The third kappa shape index (κ3) is 2.94. The number of nitriles is 1. The van der Waals surface area contributed by atoms with Crippen molar-refractivity contribution in [3.05, 3.63) is 34.3 Å². The molecule has 0 radical (unpaired) electrons. The van der Waals surface area contributed by atoms with Crippen LogP contribution in [0.5, 0.6) is 0 Å². The van der Waals surface area contributed by atoms with Crippen LogP contribution in [0.1, 0.15) is 25.0 Å². The molecule has 0 bridgehead atoms. The van der Waals surface area contributed by atoms with Gasteiger partial charge in [0.2, 0.25) is 0 Å². The summed E-state index contributed by atoms with van der Waals surface area (Å²) in [5.74, 6) is 0. The first-order valence-electron chi connectivity index (χ1n) is 3.90. The number of aryl methyl sites for hydroxylation is 1. The third-order valence-electron chi connectivity index (χ3n) is 1.30. The molecule has 0 fully saturated rings. The maximum atomic E-state index is 8.44. The fourth-order valence-corrected chi connectivity index (χ4v) is 0.843. The van der Waals surface area contributed by atoms with Crippen LogP contribution in [0, 0.1) is 18.3 Å². The van der Waals surface area contributed by atoms with E-state index in [2.05, 4.69) is 0 Å². The summed E-state index contributed by atoms with van der Waals surface area (Å²) in [6.07, 6.45) is 0. The molecule has 1 aromatic rings. The van der Waals surface area contributed by atoms with E-state index in [0.717, 1.165) is 5.56 Å². The van der Waals surface area contributed by atoms with Gasteiger partial charge in [0.05, 0.1) is 11.6 Å². The molecule has 0 atom stereocenters. The van der Waals surface area contributed by atoms with Gasteiger partial charge in [-0.05, 0) is 24.6 Å². The van der Waals surface area contributed by atoms with Crippen LogP contribution in [0.15, 0.2) is 18.2 Å². The van der Waals surface area contributed by atoms with E-state index in [-0.39, 0.29) is 0 Å². The minimum Gasteiger partial charge on any atom is -0.192 e. The summed E-state index contributed by atoms with van der Waals surface area (Å²) in [4.78, 5) is 0. The molecule has 1 rings (SSSR count). The van der Waals surface area contributed by atoms with Gasteiger partial charge in [0.15, 0.2) is 0 Å². The van der Waals surface area contributed by atoms with Gasteiger partial charge in [0.1, 0.15) is 0 Å². The van der Waals surface area contributed by atoms with Gasteiger partial charge in [0.25, 0.3) is 0 Å². The molecule has 0 amide bonds. The van der Waals surface area contributed by atoms with Crippen LogP contribution in [0.3, 0.4) is 0 Å². The van der Waals surface area contributed by atoms with E-state index in [1.165, 1.54) is 0 Å². The van der Waals surface area contributed by atoms with E-state index >= 15 is 0 Å². The Morgan fingerprint density at radius 3 is 2.33 bits per heavy atom. The van der Waals surface area contributed by atoms with Crippen LogP contribution in [-0.4, -0.2) is 0 Å². The molecule has 0 saturated carbocycles. The lowest BCUT2D eigenvalue weighted by molar-refractivity contribution is 1.43. The zero-order valence-corrected chi connectivity index (χ0v) is 8.31. The molecule has 0 spiro atoms. The van der Waals surface area contributed by atoms with Gasteiger partial charge in [-0.1, -0.05) is 31.5 Å². The van der Waals surface area contributed by atoms with Crippen LogP contribution < -0.4 is 0 Å². The SMILES string of the molecule is CC.Cc1ccc(C#N)cc1Cl. The van der Waals surface area contributed by atoms with Gasteiger partial charge < -0.3 is 0 Å². The first kappa shape index (κ1) is 11.0. The van der Waals surface area contributed by atoms with Gasteiger partial charge in [-0.2, -0.15) is 5.26 Å². The third-order valence-corrected chi connectivity index (χ3v) is 1.71. The highest BCUT2D eigenvalue weighted by molar-refractivity contribution is 6.31. The highest BCUT2D eigenvalue weighted by Gasteiger charge is 1.94. The minimum absolute atomic E-state index is 0.607. The maximum absolute atomic E-state index is 8.44. The number of hydrogen-bond acceptors (Lipinski definition) is 1. The highest BCUT2D eigenvalue weighted by atomic mass is 35.5. The maximum Gasteiger partial charge on any atom is 0.0992 e. The van der Waals surface area contributed by atoms with Crippen molar-refractivity contribution in [3.8, 4) is 6.07 Å². The first-order chi connectivity index (χ1) is 5.74. The molecule has 0 unspecified atom stereocenters. The molecule has 0 aliphatic carbocycles. The lowest BCUT2D eigenvalue weighted by Crippen LogP contribution is -1.76. The summed E-state index contributed by atoms with van der Waals surface area (Å²) in [6.45, 7) is 5.91. The van der Waals surface area contributed by atoms with Crippen LogP contribution in [-0.2, 0) is 0 Å². The van der Waals surface area contributed by atoms with Gasteiger partial charge in [0, 0.05) is 5.02 Å². The number of benzene rings is 1. The monoisotopic (exact) mass is 181 g/mol. The second-order valence-corrected chi connectivity index (χ2v) is 2.48. The van der Waals surface area contributed by atoms with Crippen LogP contribution in [0.25, 0.3) is 0 Å². The molecule has 0 aromatic heterocycles. The summed E-state index contributed by atoms with van der Waals surface area (Å²) >= 11 is 5.74. The van der Waals surface area contributed by atoms with E-state index in [1.54, 1.807) is 12.1 Å². The Balaban J connectivity index is 0.000000561. The average molecular weight is 182 g/mol. The van der Waals surface area contributed by atoms with Gasteiger partial charge in [-0.15, -0.1) is 0 Å². The fourth-order valence-electron chi connectivity index (χ4n) is 0.662. The van der Waals surface area contributed by atoms with Crippen molar-refractivity contribution in [2.45, 2.75) is 20.8 Å². The van der Waals surface area contributed by atoms with Crippen molar-refractivity contribution in [1.29, 1.82) is 5.26 Å². The largest absolute Gasteiger partial charge is 0.192 e. The Hall–Kier alpha value is -1.00. The normalized spacial score (nSPS) is 7.92. The molecule has 2 heteroatoms. The van der Waals surface area contributed by atoms with E-state index in [0.29, 0.717) is 10.6 Å². The van der Waals surface area contributed by atoms with Crippen molar-refractivity contribution in [2.24, 2.45) is 0 Å². The van der Waals surface area contributed by atoms with Gasteiger partial charge in [-0.3, -0.25) is 0 Å². The van der Waals surface area contributed by atoms with Crippen LogP contribution in [0.4, 0.5) is 0 Å². The quantitative estimate of drug-likeness (QED) is 0.601. The Labute approximate surface area is 78.6 Å². The number of hydrogen-bond donors (Lipinski definition) is 0.